The van der Waals surface area contributed by atoms with Crippen LogP contribution in [0.15, 0.2) is 42.5 Å². The number of fused-ring (bicyclic) bond motifs is 1. The second-order valence-corrected chi connectivity index (χ2v) is 5.48. The number of anilines is 1. The summed E-state index contributed by atoms with van der Waals surface area (Å²) in [6, 6.07) is 13.8. The summed E-state index contributed by atoms with van der Waals surface area (Å²) in [5, 5.41) is 2.94. The quantitative estimate of drug-likeness (QED) is 0.883. The molecular weight excluding hydrogens is 290 g/mol. The lowest BCUT2D eigenvalue weighted by Gasteiger charge is -2.14. The average molecular weight is 311 g/mol. The third-order valence-corrected chi connectivity index (χ3v) is 3.96. The molecule has 23 heavy (non-hydrogen) atoms. The summed E-state index contributed by atoms with van der Waals surface area (Å²) in [5.41, 5.74) is 3.04. The third kappa shape index (κ3) is 3.16. The Labute approximate surface area is 136 Å². The minimum absolute atomic E-state index is 0.0537. The van der Waals surface area contributed by atoms with Crippen LogP contribution < -0.4 is 14.8 Å². The van der Waals surface area contributed by atoms with Crippen molar-refractivity contribution in [2.45, 2.75) is 26.2 Å². The van der Waals surface area contributed by atoms with E-state index in [2.05, 4.69) is 5.32 Å². The first-order valence-electron chi connectivity index (χ1n) is 8.01. The molecule has 0 aromatic heterocycles. The van der Waals surface area contributed by atoms with Crippen molar-refractivity contribution >= 4 is 11.6 Å². The van der Waals surface area contributed by atoms with Gasteiger partial charge in [-0.25, -0.2) is 0 Å². The van der Waals surface area contributed by atoms with E-state index < -0.39 is 0 Å². The molecule has 0 fully saturated rings. The Hall–Kier alpha value is -2.49. The summed E-state index contributed by atoms with van der Waals surface area (Å²) in [6.45, 7) is 5.07. The molecule has 0 bridgehead atoms. The van der Waals surface area contributed by atoms with Crippen LogP contribution in [0.4, 0.5) is 5.69 Å². The van der Waals surface area contributed by atoms with Crippen LogP contribution in [-0.2, 0) is 11.2 Å². The van der Waals surface area contributed by atoms with Crippen LogP contribution in [0.2, 0.25) is 0 Å². The van der Waals surface area contributed by atoms with E-state index >= 15 is 0 Å². The van der Waals surface area contributed by atoms with E-state index in [0.29, 0.717) is 19.6 Å². The third-order valence-electron chi connectivity index (χ3n) is 3.96. The summed E-state index contributed by atoms with van der Waals surface area (Å²) >= 11 is 0. The Balaban J connectivity index is 1.85. The van der Waals surface area contributed by atoms with Gasteiger partial charge in [0.1, 0.15) is 0 Å². The predicted molar refractivity (Wildman–Crippen MR) is 90.3 cm³/mol. The first-order chi connectivity index (χ1) is 11.2. The van der Waals surface area contributed by atoms with Crippen LogP contribution in [0.3, 0.4) is 0 Å². The minimum atomic E-state index is -0.154. The van der Waals surface area contributed by atoms with Crippen molar-refractivity contribution in [2.24, 2.45) is 0 Å². The van der Waals surface area contributed by atoms with Crippen LogP contribution in [0.25, 0.3) is 0 Å². The number of benzene rings is 2. The number of para-hydroxylation sites is 1. The standard InChI is InChI=1S/C19H21NO3/c1-3-22-17-10-9-13(12-18(17)23-4-2)11-15-14-7-5-6-8-16(14)20-19(15)21/h5-10,12,15H,3-4,11H2,1-2H3,(H,20,21)/t15-/m1/s1. The zero-order chi connectivity index (χ0) is 16.2. The average Bonchev–Trinajstić information content (AvgIpc) is 2.86. The highest BCUT2D eigenvalue weighted by molar-refractivity contribution is 6.03. The van der Waals surface area contributed by atoms with Crippen molar-refractivity contribution in [2.75, 3.05) is 18.5 Å². The van der Waals surface area contributed by atoms with Gasteiger partial charge in [-0.3, -0.25) is 4.79 Å². The molecule has 1 atom stereocenters. The number of amides is 1. The molecule has 4 nitrogen and oxygen atoms in total. The van der Waals surface area contributed by atoms with Crippen molar-refractivity contribution < 1.29 is 14.3 Å². The first-order valence-corrected chi connectivity index (χ1v) is 8.01. The van der Waals surface area contributed by atoms with Crippen LogP contribution in [-0.4, -0.2) is 19.1 Å². The highest BCUT2D eigenvalue weighted by Crippen LogP contribution is 2.36. The fourth-order valence-electron chi connectivity index (χ4n) is 2.94. The molecule has 0 radical (unpaired) electrons. The smallest absolute Gasteiger partial charge is 0.232 e. The van der Waals surface area contributed by atoms with E-state index in [1.807, 2.05) is 56.3 Å². The molecule has 2 aromatic carbocycles. The number of hydrogen-bond acceptors (Lipinski definition) is 3. The van der Waals surface area contributed by atoms with E-state index in [4.69, 9.17) is 9.47 Å². The summed E-state index contributed by atoms with van der Waals surface area (Å²) in [5.74, 6) is 1.38. The number of carbonyl (C=O) groups is 1. The molecule has 1 amide bonds. The SMILES string of the molecule is CCOc1ccc(C[C@H]2C(=O)Nc3ccccc32)cc1OCC. The maximum atomic E-state index is 12.2. The highest BCUT2D eigenvalue weighted by Gasteiger charge is 2.30. The molecule has 4 heteroatoms. The number of carbonyl (C=O) groups excluding carboxylic acids is 1. The van der Waals surface area contributed by atoms with Gasteiger partial charge in [0.15, 0.2) is 11.5 Å². The molecule has 0 spiro atoms. The molecule has 0 saturated carbocycles. The van der Waals surface area contributed by atoms with E-state index in [1.54, 1.807) is 0 Å². The molecule has 1 N–H and O–H groups in total. The van der Waals surface area contributed by atoms with Crippen molar-refractivity contribution in [3.63, 3.8) is 0 Å². The van der Waals surface area contributed by atoms with Crippen molar-refractivity contribution in [1.82, 2.24) is 0 Å². The lowest BCUT2D eigenvalue weighted by molar-refractivity contribution is -0.117. The van der Waals surface area contributed by atoms with Crippen LogP contribution in [0, 0.1) is 0 Å². The van der Waals surface area contributed by atoms with Gasteiger partial charge in [-0.1, -0.05) is 24.3 Å². The maximum absolute atomic E-state index is 12.2. The molecule has 1 heterocycles. The molecule has 0 unspecified atom stereocenters. The fraction of sp³-hybridized carbons (Fsp3) is 0.316. The zero-order valence-corrected chi connectivity index (χ0v) is 13.5. The van der Waals surface area contributed by atoms with Gasteiger partial charge in [-0.15, -0.1) is 0 Å². The van der Waals surface area contributed by atoms with Crippen molar-refractivity contribution in [3.8, 4) is 11.5 Å². The van der Waals surface area contributed by atoms with Gasteiger partial charge in [0, 0.05) is 5.69 Å². The Bertz CT molecular complexity index is 712. The van der Waals surface area contributed by atoms with Gasteiger partial charge in [0.2, 0.25) is 5.91 Å². The molecule has 1 aliphatic heterocycles. The Morgan fingerprint density at radius 1 is 1.00 bits per heavy atom. The second-order valence-electron chi connectivity index (χ2n) is 5.48. The van der Waals surface area contributed by atoms with Gasteiger partial charge >= 0.3 is 0 Å². The lowest BCUT2D eigenvalue weighted by atomic mass is 9.93. The molecule has 0 aliphatic carbocycles. The van der Waals surface area contributed by atoms with Gasteiger partial charge in [0.25, 0.3) is 0 Å². The molecule has 0 saturated heterocycles. The van der Waals surface area contributed by atoms with E-state index in [-0.39, 0.29) is 11.8 Å². The van der Waals surface area contributed by atoms with Crippen LogP contribution in [0.1, 0.15) is 30.9 Å². The van der Waals surface area contributed by atoms with E-state index in [9.17, 15) is 4.79 Å². The van der Waals surface area contributed by atoms with Gasteiger partial charge in [-0.05, 0) is 49.6 Å². The van der Waals surface area contributed by atoms with Crippen LogP contribution >= 0.6 is 0 Å². The monoisotopic (exact) mass is 311 g/mol. The first kappa shape index (κ1) is 15.4. The highest BCUT2D eigenvalue weighted by atomic mass is 16.5. The zero-order valence-electron chi connectivity index (χ0n) is 13.5. The number of nitrogens with one attached hydrogen (secondary N) is 1. The largest absolute Gasteiger partial charge is 0.490 e. The molecule has 2 aromatic rings. The maximum Gasteiger partial charge on any atom is 0.232 e. The molecular formula is C19H21NO3. The minimum Gasteiger partial charge on any atom is -0.490 e. The number of rotatable bonds is 6. The Morgan fingerprint density at radius 3 is 2.52 bits per heavy atom. The summed E-state index contributed by atoms with van der Waals surface area (Å²) in [6.07, 6.45) is 0.648. The fourth-order valence-corrected chi connectivity index (χ4v) is 2.94. The molecule has 1 aliphatic rings. The normalized spacial score (nSPS) is 15.9. The lowest BCUT2D eigenvalue weighted by Crippen LogP contribution is -2.14. The molecule has 3 rings (SSSR count). The van der Waals surface area contributed by atoms with Gasteiger partial charge in [0.05, 0.1) is 19.1 Å². The van der Waals surface area contributed by atoms with Crippen molar-refractivity contribution in [3.05, 3.63) is 53.6 Å². The number of hydrogen-bond donors (Lipinski definition) is 1. The molecule has 120 valence electrons. The Morgan fingerprint density at radius 2 is 1.74 bits per heavy atom. The predicted octanol–water partition coefficient (Wildman–Crippen LogP) is 3.76. The van der Waals surface area contributed by atoms with Gasteiger partial charge in [-0.2, -0.15) is 0 Å². The van der Waals surface area contributed by atoms with Crippen molar-refractivity contribution in [1.29, 1.82) is 0 Å². The van der Waals surface area contributed by atoms with E-state index in [0.717, 1.165) is 28.3 Å². The topological polar surface area (TPSA) is 47.6 Å². The number of ether oxygens (including phenoxy) is 2. The van der Waals surface area contributed by atoms with Gasteiger partial charge < -0.3 is 14.8 Å². The second kappa shape index (κ2) is 6.73. The summed E-state index contributed by atoms with van der Waals surface area (Å²) in [7, 11) is 0. The Kier molecular flexibility index (Phi) is 4.51. The van der Waals surface area contributed by atoms with Crippen LogP contribution in [0.5, 0.6) is 11.5 Å². The summed E-state index contributed by atoms with van der Waals surface area (Å²) in [4.78, 5) is 12.2. The summed E-state index contributed by atoms with van der Waals surface area (Å²) < 4.78 is 11.3. The van der Waals surface area contributed by atoms with E-state index in [1.165, 1.54) is 0 Å².